The molecule has 340 valence electrons. The van der Waals surface area contributed by atoms with Gasteiger partial charge in [0.15, 0.2) is 0 Å². The number of carbonyl (C=O) groups is 6. The van der Waals surface area contributed by atoms with Crippen molar-refractivity contribution in [3.63, 3.8) is 0 Å². The quantitative estimate of drug-likeness (QED) is 0.0295. The number of rotatable bonds is 18. The summed E-state index contributed by atoms with van der Waals surface area (Å²) in [5.74, 6) is -6.28. The molecular formula is C46H44N10Na2O10. The summed E-state index contributed by atoms with van der Waals surface area (Å²) in [6, 6.07) is 21.8. The third kappa shape index (κ3) is 15.6. The first kappa shape index (κ1) is 55.4. The molecule has 2 atom stereocenters. The normalized spacial score (nSPS) is 11.3. The summed E-state index contributed by atoms with van der Waals surface area (Å²) in [5, 5.41) is 46.1. The van der Waals surface area contributed by atoms with Gasteiger partial charge in [-0.05, 0) is 108 Å². The topological polar surface area (TPSA) is 369 Å². The number of amides is 2. The number of fused-ring (bicyclic) bond motifs is 2. The summed E-state index contributed by atoms with van der Waals surface area (Å²) >= 11 is 0. The molecule has 4 aromatic carbocycles. The Morgan fingerprint density at radius 2 is 0.912 bits per heavy atom. The van der Waals surface area contributed by atoms with Gasteiger partial charge in [-0.2, -0.15) is 9.97 Å². The van der Waals surface area contributed by atoms with Crippen molar-refractivity contribution in [3.05, 3.63) is 143 Å². The van der Waals surface area contributed by atoms with Gasteiger partial charge in [0.05, 0.1) is 29.0 Å². The number of nitrogen functional groups attached to an aromatic ring is 4. The number of nitrogens with one attached hydrogen (secondary N) is 2. The Kier molecular flexibility index (Phi) is 20.6. The van der Waals surface area contributed by atoms with Crippen LogP contribution < -0.4 is 103 Å². The van der Waals surface area contributed by atoms with Crippen molar-refractivity contribution in [2.24, 2.45) is 0 Å². The van der Waals surface area contributed by atoms with Crippen LogP contribution in [0.5, 0.6) is 0 Å². The summed E-state index contributed by atoms with van der Waals surface area (Å²) < 4.78 is 0. The van der Waals surface area contributed by atoms with Crippen LogP contribution in [0.1, 0.15) is 55.8 Å². The number of hydrogen-bond acceptors (Lipinski definition) is 16. The number of aromatic nitrogens is 4. The van der Waals surface area contributed by atoms with Crippen LogP contribution in [0.2, 0.25) is 0 Å². The largest absolute Gasteiger partial charge is 1.00 e. The Morgan fingerprint density at radius 3 is 1.28 bits per heavy atom. The van der Waals surface area contributed by atoms with Crippen molar-refractivity contribution < 1.29 is 108 Å². The molecule has 0 aliphatic rings. The summed E-state index contributed by atoms with van der Waals surface area (Å²) in [6.07, 6.45) is 1.85. The molecule has 0 aliphatic heterocycles. The number of carboxylic acids is 4. The van der Waals surface area contributed by atoms with Crippen LogP contribution in [0, 0.1) is 0 Å². The fourth-order valence-electron chi connectivity index (χ4n) is 6.51. The van der Waals surface area contributed by atoms with Gasteiger partial charge in [0.2, 0.25) is 11.9 Å². The van der Waals surface area contributed by atoms with E-state index >= 15 is 0 Å². The fraction of sp³-hybridized carbons (Fsp3) is 0.174. The Balaban J connectivity index is 0.000000350. The number of benzene rings is 4. The molecule has 0 fully saturated rings. The second-order valence-corrected chi connectivity index (χ2v) is 14.9. The van der Waals surface area contributed by atoms with E-state index in [9.17, 15) is 44.1 Å². The van der Waals surface area contributed by atoms with E-state index in [0.717, 1.165) is 33.0 Å². The van der Waals surface area contributed by atoms with Crippen LogP contribution in [0.4, 0.5) is 23.5 Å². The van der Waals surface area contributed by atoms with Gasteiger partial charge in [-0.15, -0.1) is 0 Å². The molecule has 6 rings (SSSR count). The molecule has 2 amide bonds. The van der Waals surface area contributed by atoms with Crippen molar-refractivity contribution in [2.45, 2.75) is 50.6 Å². The third-order valence-electron chi connectivity index (χ3n) is 10.1. The van der Waals surface area contributed by atoms with Crippen molar-refractivity contribution in [3.8, 4) is 0 Å². The first-order chi connectivity index (χ1) is 31.3. The van der Waals surface area contributed by atoms with Crippen LogP contribution in [-0.4, -0.2) is 77.9 Å². The second-order valence-electron chi connectivity index (χ2n) is 14.9. The Morgan fingerprint density at radius 1 is 0.544 bits per heavy atom. The number of aryl methyl sites for hydroxylation is 4. The van der Waals surface area contributed by atoms with E-state index in [4.69, 9.17) is 28.0 Å². The molecule has 0 saturated heterocycles. The minimum Gasteiger partial charge on any atom is -0.548 e. The molecule has 0 bridgehead atoms. The zero-order chi connectivity index (χ0) is 48.2. The van der Waals surface area contributed by atoms with Gasteiger partial charge < -0.3 is 63.6 Å². The zero-order valence-corrected chi connectivity index (χ0v) is 41.2. The van der Waals surface area contributed by atoms with E-state index in [1.165, 1.54) is 0 Å². The number of nitrogens with two attached hydrogens (primary N) is 4. The van der Waals surface area contributed by atoms with E-state index in [2.05, 4.69) is 43.7 Å². The molecule has 0 radical (unpaired) electrons. The maximum atomic E-state index is 12.4. The molecule has 0 spiro atoms. The summed E-state index contributed by atoms with van der Waals surface area (Å²) in [4.78, 5) is 85.2. The summed E-state index contributed by atoms with van der Waals surface area (Å²) in [5.41, 5.74) is 28.1. The van der Waals surface area contributed by atoms with Gasteiger partial charge in [-0.1, -0.05) is 49.6 Å². The van der Waals surface area contributed by atoms with Crippen LogP contribution in [0.15, 0.2) is 109 Å². The molecule has 0 unspecified atom stereocenters. The summed E-state index contributed by atoms with van der Waals surface area (Å²) in [7, 11) is 0. The summed E-state index contributed by atoms with van der Waals surface area (Å²) in [6.45, 7) is 6.52. The predicted molar refractivity (Wildman–Crippen MR) is 240 cm³/mol. The van der Waals surface area contributed by atoms with Crippen LogP contribution >= 0.6 is 0 Å². The van der Waals surface area contributed by atoms with Crippen LogP contribution in [0.25, 0.3) is 21.8 Å². The SMILES string of the molecule is C=C(C[C@H](NC(=O)c1ccc(CCc2ccc3nc(N)nc(N)c3c2)cc1)C(=O)O)C(=O)O.C=C(C[C@H](NC(=O)c1ccc(CCc2ccc3nc(N)nc(N)c3c2)cc1)C(=O)[O-])C(=O)[O-].[Na+].[Na+]. The monoisotopic (exact) mass is 942 g/mol. The predicted octanol–water partition coefficient (Wildman–Crippen LogP) is -5.07. The zero-order valence-electron chi connectivity index (χ0n) is 37.2. The van der Waals surface area contributed by atoms with Crippen molar-refractivity contribution in [2.75, 3.05) is 22.9 Å². The van der Waals surface area contributed by atoms with Gasteiger partial charge in [0.1, 0.15) is 17.7 Å². The minimum absolute atomic E-state index is 0. The van der Waals surface area contributed by atoms with Crippen molar-refractivity contribution in [1.29, 1.82) is 0 Å². The standard InChI is InChI=1S/2C23H23N5O5.2Na/c2*1-12(21(30)31)10-18(22(32)33)26-20(29)15-7-4-13(5-8-15)2-3-14-6-9-17-16(11-14)19(24)28-23(25)27-17;;/h2*4-9,11,18H,1-3,10H2,(H,26,29)(H,30,31)(H,32,33)(H4,24,25,27,28);;/q;;2*+1/p-2/t2*18-;;/m00../s1. The molecule has 2 heterocycles. The smallest absolute Gasteiger partial charge is 0.548 e. The van der Waals surface area contributed by atoms with Crippen LogP contribution in [0.3, 0.4) is 0 Å². The molecule has 2 aromatic heterocycles. The van der Waals surface area contributed by atoms with Gasteiger partial charge in [-0.3, -0.25) is 9.59 Å². The van der Waals surface area contributed by atoms with Gasteiger partial charge in [-0.25, -0.2) is 19.6 Å². The van der Waals surface area contributed by atoms with Gasteiger partial charge >= 0.3 is 71.1 Å². The van der Waals surface area contributed by atoms with Crippen molar-refractivity contribution in [1.82, 2.24) is 30.6 Å². The number of aliphatic carboxylic acids is 4. The molecule has 12 N–H and O–H groups in total. The van der Waals surface area contributed by atoms with E-state index in [1.54, 1.807) is 48.5 Å². The maximum Gasteiger partial charge on any atom is 1.00 e. The fourth-order valence-corrected chi connectivity index (χ4v) is 6.51. The van der Waals surface area contributed by atoms with Crippen molar-refractivity contribution >= 4 is 81.0 Å². The Bertz CT molecular complexity index is 2690. The average Bonchev–Trinajstić information content (AvgIpc) is 3.27. The Hall–Kier alpha value is -6.94. The van der Waals surface area contributed by atoms with Gasteiger partial charge in [0.25, 0.3) is 11.8 Å². The van der Waals surface area contributed by atoms with E-state index in [-0.39, 0.29) is 87.7 Å². The molecular weight excluding hydrogens is 899 g/mol. The van der Waals surface area contributed by atoms with Crippen LogP contribution in [-0.2, 0) is 44.9 Å². The second kappa shape index (κ2) is 25.3. The molecule has 6 aromatic rings. The first-order valence-electron chi connectivity index (χ1n) is 19.9. The average molecular weight is 943 g/mol. The van der Waals surface area contributed by atoms with Gasteiger partial charge in [0, 0.05) is 33.9 Å². The Labute approximate surface area is 432 Å². The number of carbonyl (C=O) groups excluding carboxylic acids is 4. The first-order valence-corrected chi connectivity index (χ1v) is 19.9. The number of nitrogens with zero attached hydrogens (tertiary/aromatic N) is 4. The van der Waals surface area contributed by atoms with E-state index in [0.29, 0.717) is 48.4 Å². The maximum absolute atomic E-state index is 12.4. The number of anilines is 4. The number of hydrogen-bond donors (Lipinski definition) is 8. The van der Waals surface area contributed by atoms with E-state index in [1.807, 2.05) is 36.4 Å². The molecule has 68 heavy (non-hydrogen) atoms. The minimum atomic E-state index is -1.62. The molecule has 22 heteroatoms. The number of carboxylic acid groups (broad SMARTS) is 4. The molecule has 0 saturated carbocycles. The van der Waals surface area contributed by atoms with E-state index < -0.39 is 66.2 Å². The molecule has 0 aliphatic carbocycles. The molecule has 20 nitrogen and oxygen atoms in total. The third-order valence-corrected chi connectivity index (χ3v) is 10.1.